The van der Waals surface area contributed by atoms with Crippen LogP contribution in [0.25, 0.3) is 11.3 Å². The first-order chi connectivity index (χ1) is 20.7. The number of anilines is 1. The van der Waals surface area contributed by atoms with Gasteiger partial charge in [-0.05, 0) is 131 Å². The van der Waals surface area contributed by atoms with Gasteiger partial charge in [-0.2, -0.15) is 5.10 Å². The van der Waals surface area contributed by atoms with E-state index in [2.05, 4.69) is 45.0 Å². The Kier molecular flexibility index (Phi) is 8.63. The highest BCUT2D eigenvalue weighted by molar-refractivity contribution is 5.94. The third kappa shape index (κ3) is 6.24. The van der Waals surface area contributed by atoms with E-state index in [0.29, 0.717) is 31.2 Å². The van der Waals surface area contributed by atoms with Crippen LogP contribution >= 0.6 is 0 Å². The molecule has 3 saturated carbocycles. The molecule has 7 nitrogen and oxygen atoms in total. The van der Waals surface area contributed by atoms with Gasteiger partial charge in [0.05, 0.1) is 18.9 Å². The van der Waals surface area contributed by atoms with E-state index in [1.165, 1.54) is 24.0 Å². The number of aromatic nitrogens is 3. The zero-order valence-corrected chi connectivity index (χ0v) is 26.3. The maximum absolute atomic E-state index is 14.3. The van der Waals surface area contributed by atoms with E-state index in [9.17, 15) is 9.90 Å². The highest BCUT2D eigenvalue weighted by Gasteiger charge is 2.46. The van der Waals surface area contributed by atoms with E-state index >= 15 is 0 Å². The fourth-order valence-corrected chi connectivity index (χ4v) is 8.22. The van der Waals surface area contributed by atoms with Crippen LogP contribution in [-0.2, 0) is 4.79 Å². The zero-order valence-electron chi connectivity index (χ0n) is 26.3. The summed E-state index contributed by atoms with van der Waals surface area (Å²) in [7, 11) is 1.74. The second-order valence-corrected chi connectivity index (χ2v) is 13.8. The quantitative estimate of drug-likeness (QED) is 0.297. The first kappa shape index (κ1) is 29.9. The maximum Gasteiger partial charge on any atom is 0.231 e. The summed E-state index contributed by atoms with van der Waals surface area (Å²) in [4.78, 5) is 21.2. The molecule has 7 heteroatoms. The molecule has 2 aromatic heterocycles. The predicted octanol–water partition coefficient (Wildman–Crippen LogP) is 7.48. The number of nitrogens with zero attached hydrogens (tertiary/aromatic N) is 4. The third-order valence-electron chi connectivity index (χ3n) is 10.6. The fourth-order valence-electron chi connectivity index (χ4n) is 8.22. The van der Waals surface area contributed by atoms with Crippen LogP contribution in [0.5, 0.6) is 5.75 Å². The Morgan fingerprint density at radius 3 is 2.63 bits per heavy atom. The van der Waals surface area contributed by atoms with E-state index in [1.54, 1.807) is 7.11 Å². The van der Waals surface area contributed by atoms with Crippen molar-refractivity contribution in [1.82, 2.24) is 14.8 Å². The molecule has 0 radical (unpaired) electrons. The molecule has 3 aromatic rings. The molecule has 3 unspecified atom stereocenters. The Labute approximate surface area is 256 Å². The molecule has 230 valence electrons. The zero-order chi connectivity index (χ0) is 30.1. The largest absolute Gasteiger partial charge is 0.496 e. The SMILES string of the molecule is COc1ccc(C2CCC3(CN(C(=O)C4CCC(O)CC4)c4cc(-c5ccn(C(C)C)n5)ccn4)CCCC2C3)cc1C. The maximum atomic E-state index is 14.3. The highest BCUT2D eigenvalue weighted by Crippen LogP contribution is 2.55. The standard InChI is InChI=1S/C36H48N4O3/c1-24(2)40-19-15-32(38-40)28-14-18-37-34(21-28)39(35(42)26-7-10-30(41)11-8-26)23-36-16-5-6-29(22-36)31(13-17-36)27-9-12-33(43-4)25(3)20-27/h9,12,14-15,18-21,24,26,29-31,41H,5-8,10-11,13,16-17,22-23H2,1-4H3. The van der Waals surface area contributed by atoms with Crippen molar-refractivity contribution in [2.24, 2.45) is 17.3 Å². The van der Waals surface area contributed by atoms with Crippen LogP contribution in [0.15, 0.2) is 48.8 Å². The Balaban J connectivity index is 1.28. The lowest BCUT2D eigenvalue weighted by molar-refractivity contribution is -0.124. The molecule has 2 bridgehead atoms. The Morgan fingerprint density at radius 1 is 1.09 bits per heavy atom. The lowest BCUT2D eigenvalue weighted by Gasteiger charge is -2.51. The summed E-state index contributed by atoms with van der Waals surface area (Å²) in [5.74, 6) is 2.97. The van der Waals surface area contributed by atoms with E-state index in [1.807, 2.05) is 34.1 Å². The van der Waals surface area contributed by atoms with Gasteiger partial charge in [0.1, 0.15) is 11.6 Å². The number of rotatable bonds is 8. The summed E-state index contributed by atoms with van der Waals surface area (Å²) in [6, 6.07) is 13.1. The highest BCUT2D eigenvalue weighted by atomic mass is 16.5. The normalized spacial score (nSPS) is 27.2. The lowest BCUT2D eigenvalue weighted by Crippen LogP contribution is -2.49. The number of amides is 1. The van der Waals surface area contributed by atoms with Crippen molar-refractivity contribution in [3.63, 3.8) is 0 Å². The van der Waals surface area contributed by atoms with Gasteiger partial charge in [-0.25, -0.2) is 4.98 Å². The van der Waals surface area contributed by atoms with Crippen LogP contribution < -0.4 is 9.64 Å². The molecule has 43 heavy (non-hydrogen) atoms. The molecular weight excluding hydrogens is 536 g/mol. The number of fused-ring (bicyclic) bond motifs is 2. The Hall–Kier alpha value is -3.19. The smallest absolute Gasteiger partial charge is 0.231 e. The van der Waals surface area contributed by atoms with Crippen molar-refractivity contribution >= 4 is 11.7 Å². The van der Waals surface area contributed by atoms with Crippen molar-refractivity contribution in [1.29, 1.82) is 0 Å². The van der Waals surface area contributed by atoms with Crippen molar-refractivity contribution in [2.45, 2.75) is 103 Å². The number of hydrogen-bond donors (Lipinski definition) is 1. The van der Waals surface area contributed by atoms with Gasteiger partial charge >= 0.3 is 0 Å². The number of pyridine rings is 1. The number of benzene rings is 1. The summed E-state index contributed by atoms with van der Waals surface area (Å²) < 4.78 is 7.50. The van der Waals surface area contributed by atoms with E-state index < -0.39 is 0 Å². The Bertz CT molecular complexity index is 1430. The molecule has 0 saturated heterocycles. The van der Waals surface area contributed by atoms with Crippen molar-refractivity contribution in [2.75, 3.05) is 18.6 Å². The number of aliphatic hydroxyl groups excluding tert-OH is 1. The summed E-state index contributed by atoms with van der Waals surface area (Å²) in [6.07, 6.45) is 13.4. The number of carbonyl (C=O) groups is 1. The van der Waals surface area contributed by atoms with Gasteiger partial charge in [0.2, 0.25) is 5.91 Å². The van der Waals surface area contributed by atoms with Crippen molar-refractivity contribution in [3.05, 3.63) is 59.9 Å². The third-order valence-corrected chi connectivity index (χ3v) is 10.6. The average Bonchev–Trinajstić information content (AvgIpc) is 3.52. The van der Waals surface area contributed by atoms with Crippen molar-refractivity contribution < 1.29 is 14.6 Å². The molecule has 6 rings (SSSR count). The average molecular weight is 585 g/mol. The lowest BCUT2D eigenvalue weighted by atomic mass is 9.57. The van der Waals surface area contributed by atoms with Gasteiger partial charge in [-0.3, -0.25) is 14.4 Å². The second kappa shape index (κ2) is 12.4. The summed E-state index contributed by atoms with van der Waals surface area (Å²) in [5, 5.41) is 14.9. The van der Waals surface area contributed by atoms with Gasteiger partial charge in [0, 0.05) is 36.5 Å². The molecule has 0 aliphatic heterocycles. The van der Waals surface area contributed by atoms with Gasteiger partial charge in [0.25, 0.3) is 0 Å². The second-order valence-electron chi connectivity index (χ2n) is 13.8. The van der Waals surface area contributed by atoms with Crippen molar-refractivity contribution in [3.8, 4) is 17.0 Å². The molecule has 2 heterocycles. The van der Waals surface area contributed by atoms with Crippen LogP contribution in [0.2, 0.25) is 0 Å². The van der Waals surface area contributed by atoms with E-state index in [-0.39, 0.29) is 29.4 Å². The van der Waals surface area contributed by atoms with E-state index in [0.717, 1.165) is 61.3 Å². The predicted molar refractivity (Wildman–Crippen MR) is 170 cm³/mol. The molecule has 1 aromatic carbocycles. The topological polar surface area (TPSA) is 80.5 Å². The number of methoxy groups -OCH3 is 1. The first-order valence-electron chi connectivity index (χ1n) is 16.4. The minimum Gasteiger partial charge on any atom is -0.496 e. The van der Waals surface area contributed by atoms with Crippen LogP contribution in [0.1, 0.15) is 101 Å². The molecule has 0 spiro atoms. The number of ether oxygens (including phenoxy) is 1. The molecular formula is C36H48N4O3. The van der Waals surface area contributed by atoms with Crippen LogP contribution in [0.4, 0.5) is 5.82 Å². The number of hydrogen-bond acceptors (Lipinski definition) is 5. The van der Waals surface area contributed by atoms with Gasteiger partial charge in [0.15, 0.2) is 0 Å². The summed E-state index contributed by atoms with van der Waals surface area (Å²) >= 11 is 0. The van der Waals surface area contributed by atoms with Gasteiger partial charge in [-0.1, -0.05) is 18.6 Å². The first-order valence-corrected chi connectivity index (χ1v) is 16.4. The van der Waals surface area contributed by atoms with E-state index in [4.69, 9.17) is 14.8 Å². The molecule has 1 amide bonds. The molecule has 1 N–H and O–H groups in total. The van der Waals surface area contributed by atoms with Gasteiger partial charge in [-0.15, -0.1) is 0 Å². The number of aryl methyl sites for hydroxylation is 1. The van der Waals surface area contributed by atoms with Crippen LogP contribution in [0.3, 0.4) is 0 Å². The molecule has 3 atom stereocenters. The molecule has 3 aliphatic carbocycles. The molecule has 3 fully saturated rings. The van der Waals surface area contributed by atoms with Crippen LogP contribution in [-0.4, -0.2) is 45.5 Å². The minimum absolute atomic E-state index is 0.0663. The summed E-state index contributed by atoms with van der Waals surface area (Å²) in [5.41, 5.74) is 4.62. The number of aliphatic hydroxyl groups is 1. The molecule has 3 aliphatic rings. The Morgan fingerprint density at radius 2 is 1.91 bits per heavy atom. The minimum atomic E-state index is -0.287. The van der Waals surface area contributed by atoms with Crippen LogP contribution in [0, 0.1) is 24.2 Å². The fraction of sp³-hybridized carbons (Fsp3) is 0.583. The number of carbonyl (C=O) groups excluding carboxylic acids is 1. The monoisotopic (exact) mass is 584 g/mol. The summed E-state index contributed by atoms with van der Waals surface area (Å²) in [6.45, 7) is 7.10. The van der Waals surface area contributed by atoms with Gasteiger partial charge < -0.3 is 9.84 Å².